The van der Waals surface area contributed by atoms with E-state index in [2.05, 4.69) is 10.9 Å². The minimum Gasteiger partial charge on any atom is -0.309 e. The van der Waals surface area contributed by atoms with Crippen LogP contribution < -0.4 is 4.90 Å². The Morgan fingerprint density at radius 2 is 2.07 bits per heavy atom. The van der Waals surface area contributed by atoms with Gasteiger partial charge in [-0.1, -0.05) is 12.1 Å². The van der Waals surface area contributed by atoms with Crippen LogP contribution in [0.5, 0.6) is 0 Å². The summed E-state index contributed by atoms with van der Waals surface area (Å²) in [5.74, 6) is 0. The lowest BCUT2D eigenvalue weighted by atomic mass is 10.1. The summed E-state index contributed by atoms with van der Waals surface area (Å²) in [6.45, 7) is 7.09. The van der Waals surface area contributed by atoms with Gasteiger partial charge in [-0.15, -0.1) is 0 Å². The molecule has 1 aromatic carbocycles. The zero-order valence-electron chi connectivity index (χ0n) is 8.07. The highest BCUT2D eigenvalue weighted by molar-refractivity contribution is 5.47. The van der Waals surface area contributed by atoms with Crippen molar-refractivity contribution in [1.29, 1.82) is 5.26 Å². The highest BCUT2D eigenvalue weighted by Gasteiger charge is 2.01. The minimum atomic E-state index is 0.359. The molecule has 0 bridgehead atoms. The second-order valence-corrected chi connectivity index (χ2v) is 3.00. The third kappa shape index (κ3) is 2.50. The Morgan fingerprint density at radius 3 is 2.57 bits per heavy atom. The summed E-state index contributed by atoms with van der Waals surface area (Å²) in [7, 11) is 1.87. The summed E-state index contributed by atoms with van der Waals surface area (Å²) in [5.41, 5.74) is 2.01. The second-order valence-electron chi connectivity index (χ2n) is 3.00. The van der Waals surface area contributed by atoms with Crippen LogP contribution in [0.1, 0.15) is 5.56 Å². The van der Waals surface area contributed by atoms with Gasteiger partial charge in [0, 0.05) is 12.7 Å². The molecular formula is C11H11N3. The van der Waals surface area contributed by atoms with Gasteiger partial charge in [0.1, 0.15) is 0 Å². The number of anilines is 1. The number of nitriles is 1. The second kappa shape index (κ2) is 4.89. The Labute approximate surface area is 84.0 Å². The van der Waals surface area contributed by atoms with Crippen LogP contribution >= 0.6 is 0 Å². The molecule has 0 heterocycles. The van der Waals surface area contributed by atoms with Gasteiger partial charge in [0.15, 0.2) is 0 Å². The molecule has 0 radical (unpaired) electrons. The van der Waals surface area contributed by atoms with Gasteiger partial charge in [-0.2, -0.15) is 5.26 Å². The van der Waals surface area contributed by atoms with Gasteiger partial charge in [0.25, 0.3) is 6.67 Å². The molecule has 0 saturated carbocycles. The smallest absolute Gasteiger partial charge is 0.289 e. The van der Waals surface area contributed by atoms with Gasteiger partial charge >= 0.3 is 0 Å². The van der Waals surface area contributed by atoms with Crippen molar-refractivity contribution in [1.82, 2.24) is 0 Å². The fraction of sp³-hybridized carbons (Fsp3) is 0.273. The van der Waals surface area contributed by atoms with E-state index in [1.54, 1.807) is 0 Å². The molecule has 0 aromatic heterocycles. The molecule has 0 fully saturated rings. The van der Waals surface area contributed by atoms with Crippen molar-refractivity contribution in [3.8, 4) is 6.07 Å². The maximum atomic E-state index is 8.48. The third-order valence-electron chi connectivity index (χ3n) is 1.94. The number of hydrogen-bond donors (Lipinski definition) is 0. The van der Waals surface area contributed by atoms with Gasteiger partial charge in [-0.05, 0) is 17.7 Å². The Balaban J connectivity index is 2.74. The number of hydrogen-bond acceptors (Lipinski definition) is 2. The molecular weight excluding hydrogens is 174 g/mol. The molecule has 1 aromatic rings. The molecule has 14 heavy (non-hydrogen) atoms. The molecule has 0 saturated heterocycles. The first kappa shape index (κ1) is 10.1. The first-order chi connectivity index (χ1) is 6.77. The SMILES string of the molecule is [C-]#[N+]CN(C)c1ccc(CC#N)cc1. The average Bonchev–Trinajstić information content (AvgIpc) is 2.20. The van der Waals surface area contributed by atoms with Crippen molar-refractivity contribution >= 4 is 5.69 Å². The van der Waals surface area contributed by atoms with Crippen LogP contribution in [0, 0.1) is 17.9 Å². The fourth-order valence-electron chi connectivity index (χ4n) is 1.15. The first-order valence-corrected chi connectivity index (χ1v) is 4.28. The maximum absolute atomic E-state index is 8.48. The molecule has 1 rings (SSSR count). The van der Waals surface area contributed by atoms with E-state index in [1.807, 2.05) is 36.2 Å². The molecule has 0 atom stereocenters. The molecule has 0 unspecified atom stereocenters. The zero-order chi connectivity index (χ0) is 10.4. The van der Waals surface area contributed by atoms with Crippen LogP contribution in [0.15, 0.2) is 24.3 Å². The van der Waals surface area contributed by atoms with Crippen LogP contribution in [0.3, 0.4) is 0 Å². The monoisotopic (exact) mass is 185 g/mol. The van der Waals surface area contributed by atoms with Crippen LogP contribution in [0.25, 0.3) is 4.85 Å². The summed E-state index contributed by atoms with van der Waals surface area (Å²) in [5, 5.41) is 8.48. The number of benzene rings is 1. The Kier molecular flexibility index (Phi) is 3.52. The summed E-state index contributed by atoms with van der Waals surface area (Å²) >= 11 is 0. The van der Waals surface area contributed by atoms with Gasteiger partial charge < -0.3 is 4.90 Å². The summed E-state index contributed by atoms with van der Waals surface area (Å²) < 4.78 is 0. The quantitative estimate of drug-likeness (QED) is 0.675. The standard InChI is InChI=1S/C11H11N3/c1-13-9-14(2)11-5-3-10(4-6-11)7-8-12/h3-6H,7,9H2,2H3. The topological polar surface area (TPSA) is 31.4 Å². The molecule has 3 nitrogen and oxygen atoms in total. The Morgan fingerprint density at radius 1 is 1.43 bits per heavy atom. The maximum Gasteiger partial charge on any atom is 0.289 e. The van der Waals surface area contributed by atoms with Gasteiger partial charge in [0.05, 0.1) is 12.5 Å². The van der Waals surface area contributed by atoms with E-state index in [0.717, 1.165) is 11.3 Å². The van der Waals surface area contributed by atoms with Gasteiger partial charge in [-0.3, -0.25) is 4.85 Å². The Hall–Kier alpha value is -2.00. The van der Waals surface area contributed by atoms with Crippen molar-refractivity contribution in [2.24, 2.45) is 0 Å². The minimum absolute atomic E-state index is 0.359. The molecule has 70 valence electrons. The van der Waals surface area contributed by atoms with E-state index in [0.29, 0.717) is 13.1 Å². The van der Waals surface area contributed by atoms with E-state index in [-0.39, 0.29) is 0 Å². The number of nitrogens with zero attached hydrogens (tertiary/aromatic N) is 3. The predicted molar refractivity (Wildman–Crippen MR) is 55.6 cm³/mol. The van der Waals surface area contributed by atoms with Crippen molar-refractivity contribution in [2.45, 2.75) is 6.42 Å². The van der Waals surface area contributed by atoms with Crippen LogP contribution in [0.4, 0.5) is 5.69 Å². The van der Waals surface area contributed by atoms with E-state index in [1.165, 1.54) is 0 Å². The molecule has 0 amide bonds. The van der Waals surface area contributed by atoms with Gasteiger partial charge in [-0.25, -0.2) is 6.57 Å². The highest BCUT2D eigenvalue weighted by Crippen LogP contribution is 2.13. The number of rotatable bonds is 3. The fourth-order valence-corrected chi connectivity index (χ4v) is 1.15. The lowest BCUT2D eigenvalue weighted by Crippen LogP contribution is -2.15. The van der Waals surface area contributed by atoms with E-state index >= 15 is 0 Å². The average molecular weight is 185 g/mol. The Bertz CT molecular complexity index is 367. The molecule has 0 aliphatic heterocycles. The molecule has 3 heteroatoms. The summed E-state index contributed by atoms with van der Waals surface area (Å²) in [4.78, 5) is 5.16. The summed E-state index contributed by atoms with van der Waals surface area (Å²) in [6, 6.07) is 9.78. The van der Waals surface area contributed by atoms with Crippen molar-refractivity contribution in [3.05, 3.63) is 41.2 Å². The van der Waals surface area contributed by atoms with Gasteiger partial charge in [0.2, 0.25) is 0 Å². The molecule has 0 spiro atoms. The van der Waals surface area contributed by atoms with Crippen LogP contribution in [-0.4, -0.2) is 13.7 Å². The van der Waals surface area contributed by atoms with E-state index in [4.69, 9.17) is 11.8 Å². The highest BCUT2D eigenvalue weighted by atomic mass is 15.2. The zero-order valence-corrected chi connectivity index (χ0v) is 8.07. The van der Waals surface area contributed by atoms with Crippen molar-refractivity contribution < 1.29 is 0 Å². The first-order valence-electron chi connectivity index (χ1n) is 4.28. The summed E-state index contributed by atoms with van der Waals surface area (Å²) in [6.07, 6.45) is 0.437. The van der Waals surface area contributed by atoms with Crippen molar-refractivity contribution in [2.75, 3.05) is 18.6 Å². The van der Waals surface area contributed by atoms with E-state index in [9.17, 15) is 0 Å². The molecule has 0 aliphatic carbocycles. The molecule has 0 N–H and O–H groups in total. The largest absolute Gasteiger partial charge is 0.309 e. The van der Waals surface area contributed by atoms with Crippen molar-refractivity contribution in [3.63, 3.8) is 0 Å². The third-order valence-corrected chi connectivity index (χ3v) is 1.94. The van der Waals surface area contributed by atoms with Crippen LogP contribution in [0.2, 0.25) is 0 Å². The lowest BCUT2D eigenvalue weighted by Gasteiger charge is -2.12. The predicted octanol–water partition coefficient (Wildman–Crippen LogP) is 2.07. The van der Waals surface area contributed by atoms with Crippen LogP contribution in [-0.2, 0) is 6.42 Å². The normalized spacial score (nSPS) is 8.79. The van der Waals surface area contributed by atoms with E-state index < -0.39 is 0 Å². The lowest BCUT2D eigenvalue weighted by molar-refractivity contribution is 1.03. The molecule has 0 aliphatic rings.